The number of hydrogen-bond acceptors (Lipinski definition) is 4. The Morgan fingerprint density at radius 1 is 1.24 bits per heavy atom. The molecule has 2 aromatic heterocycles. The molecule has 8 heteroatoms. The summed E-state index contributed by atoms with van der Waals surface area (Å²) in [6.45, 7) is -0.210. The molecule has 0 aliphatic carbocycles. The molecule has 0 aliphatic heterocycles. The van der Waals surface area contributed by atoms with E-state index < -0.39 is 17.4 Å². The average Bonchev–Trinajstić information content (AvgIpc) is 2.81. The number of ether oxygens (including phenoxy) is 1. The van der Waals surface area contributed by atoms with Gasteiger partial charge in [0, 0.05) is 7.05 Å². The predicted molar refractivity (Wildman–Crippen MR) is 72.0 cm³/mol. The van der Waals surface area contributed by atoms with Gasteiger partial charge in [0.2, 0.25) is 0 Å². The molecule has 0 amide bonds. The lowest BCUT2D eigenvalue weighted by atomic mass is 10.3. The Bertz CT molecular complexity index is 801. The van der Waals surface area contributed by atoms with E-state index in [-0.39, 0.29) is 17.6 Å². The van der Waals surface area contributed by atoms with E-state index in [1.165, 1.54) is 10.7 Å². The van der Waals surface area contributed by atoms with E-state index in [1.807, 2.05) is 0 Å². The summed E-state index contributed by atoms with van der Waals surface area (Å²) in [5, 5.41) is 4.82. The van der Waals surface area contributed by atoms with Gasteiger partial charge in [0.15, 0.2) is 28.9 Å². The monoisotopic (exact) mass is 310 g/mol. The highest BCUT2D eigenvalue weighted by molar-refractivity contribution is 6.33. The minimum atomic E-state index is -0.789. The van der Waals surface area contributed by atoms with Crippen LogP contribution in [0, 0.1) is 11.6 Å². The largest absolute Gasteiger partial charge is 0.479 e. The van der Waals surface area contributed by atoms with Crippen LogP contribution in [0.5, 0.6) is 5.75 Å². The van der Waals surface area contributed by atoms with Gasteiger partial charge in [-0.05, 0) is 12.1 Å². The Balaban J connectivity index is 1.90. The van der Waals surface area contributed by atoms with Gasteiger partial charge in [0.25, 0.3) is 0 Å². The Morgan fingerprint density at radius 3 is 2.67 bits per heavy atom. The van der Waals surface area contributed by atoms with Gasteiger partial charge < -0.3 is 4.74 Å². The Kier molecular flexibility index (Phi) is 3.42. The lowest BCUT2D eigenvalue weighted by Crippen LogP contribution is -2.05. The molecular weight excluding hydrogens is 302 g/mol. The highest BCUT2D eigenvalue weighted by atomic mass is 35.5. The van der Waals surface area contributed by atoms with E-state index in [9.17, 15) is 8.78 Å². The molecule has 0 unspecified atom stereocenters. The number of aryl methyl sites for hydroxylation is 1. The maximum Gasteiger partial charge on any atom is 0.191 e. The normalized spacial score (nSPS) is 11.0. The first-order valence-corrected chi connectivity index (χ1v) is 6.35. The van der Waals surface area contributed by atoms with Crippen molar-refractivity contribution in [2.75, 3.05) is 0 Å². The van der Waals surface area contributed by atoms with Gasteiger partial charge in [-0.3, -0.25) is 4.68 Å². The molecule has 0 saturated heterocycles. The summed E-state index contributed by atoms with van der Waals surface area (Å²) < 4.78 is 33.5. The van der Waals surface area contributed by atoms with E-state index in [4.69, 9.17) is 16.3 Å². The molecule has 0 saturated carbocycles. The highest BCUT2D eigenvalue weighted by Gasteiger charge is 2.13. The molecule has 0 spiro atoms. The maximum atomic E-state index is 13.5. The molecule has 21 heavy (non-hydrogen) atoms. The SMILES string of the molecule is Cn1ncc2c(Cl)nc(COc3c(F)cccc3F)nc21. The van der Waals surface area contributed by atoms with Crippen molar-refractivity contribution in [3.63, 3.8) is 0 Å². The van der Waals surface area contributed by atoms with Gasteiger partial charge in [-0.15, -0.1) is 0 Å². The zero-order valence-corrected chi connectivity index (χ0v) is 11.6. The van der Waals surface area contributed by atoms with Gasteiger partial charge in [0.05, 0.1) is 11.6 Å². The van der Waals surface area contributed by atoms with Crippen molar-refractivity contribution < 1.29 is 13.5 Å². The van der Waals surface area contributed by atoms with Crippen LogP contribution < -0.4 is 4.74 Å². The van der Waals surface area contributed by atoms with Crippen molar-refractivity contribution in [3.8, 4) is 5.75 Å². The minimum absolute atomic E-state index is 0.207. The molecule has 0 atom stereocenters. The predicted octanol–water partition coefficient (Wildman–Crippen LogP) is 2.87. The number of halogens is 3. The summed E-state index contributed by atoms with van der Waals surface area (Å²) in [5.74, 6) is -1.84. The van der Waals surface area contributed by atoms with E-state index in [0.29, 0.717) is 11.0 Å². The first-order valence-electron chi connectivity index (χ1n) is 5.97. The average molecular weight is 311 g/mol. The molecule has 0 radical (unpaired) electrons. The van der Waals surface area contributed by atoms with Crippen LogP contribution in [0.15, 0.2) is 24.4 Å². The summed E-state index contributed by atoms with van der Waals surface area (Å²) in [7, 11) is 1.70. The van der Waals surface area contributed by atoms with E-state index >= 15 is 0 Å². The van der Waals surface area contributed by atoms with Crippen LogP contribution in [-0.2, 0) is 13.7 Å². The fourth-order valence-corrected chi connectivity index (χ4v) is 2.08. The summed E-state index contributed by atoms with van der Waals surface area (Å²) in [6, 6.07) is 3.47. The molecule has 0 fully saturated rings. The second-order valence-electron chi connectivity index (χ2n) is 4.28. The quantitative estimate of drug-likeness (QED) is 0.698. The van der Waals surface area contributed by atoms with Crippen molar-refractivity contribution in [1.29, 1.82) is 0 Å². The van der Waals surface area contributed by atoms with Crippen molar-refractivity contribution >= 4 is 22.6 Å². The lowest BCUT2D eigenvalue weighted by Gasteiger charge is -2.07. The van der Waals surface area contributed by atoms with Gasteiger partial charge in [-0.2, -0.15) is 5.10 Å². The molecule has 1 aromatic carbocycles. The van der Waals surface area contributed by atoms with Gasteiger partial charge in [-0.25, -0.2) is 18.7 Å². The molecule has 0 aliphatic rings. The number of para-hydroxylation sites is 1. The maximum absolute atomic E-state index is 13.5. The summed E-state index contributed by atoms with van der Waals surface area (Å²) in [4.78, 5) is 8.23. The van der Waals surface area contributed by atoms with Crippen LogP contribution in [-0.4, -0.2) is 19.7 Å². The van der Waals surface area contributed by atoms with Crippen molar-refractivity contribution in [3.05, 3.63) is 47.0 Å². The number of fused-ring (bicyclic) bond motifs is 1. The summed E-state index contributed by atoms with van der Waals surface area (Å²) >= 11 is 6.01. The fraction of sp³-hybridized carbons (Fsp3) is 0.154. The minimum Gasteiger partial charge on any atom is -0.479 e. The van der Waals surface area contributed by atoms with Gasteiger partial charge in [-0.1, -0.05) is 17.7 Å². The van der Waals surface area contributed by atoms with Gasteiger partial charge in [0.1, 0.15) is 11.8 Å². The standard InChI is InChI=1S/C13H9ClF2N4O/c1-20-13-7(5-17-20)12(14)18-10(19-13)6-21-11-8(15)3-2-4-9(11)16/h2-5H,6H2,1H3. The molecule has 3 rings (SSSR count). The molecule has 108 valence electrons. The molecule has 0 bridgehead atoms. The summed E-state index contributed by atoms with van der Waals surface area (Å²) in [6.07, 6.45) is 1.54. The fourth-order valence-electron chi connectivity index (χ4n) is 1.85. The Morgan fingerprint density at radius 2 is 1.95 bits per heavy atom. The molecule has 2 heterocycles. The Labute approximate surface area is 123 Å². The zero-order chi connectivity index (χ0) is 15.0. The third-order valence-corrected chi connectivity index (χ3v) is 3.14. The van der Waals surface area contributed by atoms with E-state index in [2.05, 4.69) is 15.1 Å². The van der Waals surface area contributed by atoms with Gasteiger partial charge >= 0.3 is 0 Å². The molecular formula is C13H9ClF2N4O. The number of rotatable bonds is 3. The topological polar surface area (TPSA) is 52.8 Å². The number of aromatic nitrogens is 4. The van der Waals surface area contributed by atoms with Crippen molar-refractivity contribution in [2.24, 2.45) is 7.05 Å². The number of benzene rings is 1. The first kappa shape index (κ1) is 13.7. The number of hydrogen-bond donors (Lipinski definition) is 0. The lowest BCUT2D eigenvalue weighted by molar-refractivity contribution is 0.266. The molecule has 0 N–H and O–H groups in total. The van der Waals surface area contributed by atoms with Crippen LogP contribution in [0.4, 0.5) is 8.78 Å². The summed E-state index contributed by atoms with van der Waals surface area (Å²) in [5.41, 5.74) is 0.516. The van der Waals surface area contributed by atoms with E-state index in [0.717, 1.165) is 12.1 Å². The second-order valence-corrected chi connectivity index (χ2v) is 4.63. The Hall–Kier alpha value is -2.28. The highest BCUT2D eigenvalue weighted by Crippen LogP contribution is 2.23. The van der Waals surface area contributed by atoms with Crippen LogP contribution in [0.2, 0.25) is 5.15 Å². The third-order valence-electron chi connectivity index (χ3n) is 2.86. The molecule has 5 nitrogen and oxygen atoms in total. The van der Waals surface area contributed by atoms with E-state index in [1.54, 1.807) is 13.2 Å². The first-order chi connectivity index (χ1) is 10.1. The van der Waals surface area contributed by atoms with Crippen molar-refractivity contribution in [1.82, 2.24) is 19.7 Å². The smallest absolute Gasteiger partial charge is 0.191 e. The zero-order valence-electron chi connectivity index (χ0n) is 10.8. The van der Waals surface area contributed by atoms with Crippen LogP contribution in [0.25, 0.3) is 11.0 Å². The van der Waals surface area contributed by atoms with Crippen LogP contribution >= 0.6 is 11.6 Å². The van der Waals surface area contributed by atoms with Crippen LogP contribution in [0.1, 0.15) is 5.82 Å². The second kappa shape index (κ2) is 5.25. The molecule has 3 aromatic rings. The number of nitrogens with zero attached hydrogens (tertiary/aromatic N) is 4. The third kappa shape index (κ3) is 2.52. The van der Waals surface area contributed by atoms with Crippen LogP contribution in [0.3, 0.4) is 0 Å². The van der Waals surface area contributed by atoms with Crippen molar-refractivity contribution in [2.45, 2.75) is 6.61 Å².